The molecular weight excluding hydrogens is 264 g/mol. The predicted octanol–water partition coefficient (Wildman–Crippen LogP) is 2.59. The summed E-state index contributed by atoms with van der Waals surface area (Å²) in [5, 5.41) is 0. The Morgan fingerprint density at radius 1 is 1.33 bits per heavy atom. The van der Waals surface area contributed by atoms with E-state index >= 15 is 0 Å². The Morgan fingerprint density at radius 3 is 2.62 bits per heavy atom. The summed E-state index contributed by atoms with van der Waals surface area (Å²) < 4.78 is 11.2. The van der Waals surface area contributed by atoms with Crippen molar-refractivity contribution >= 4 is 0 Å². The van der Waals surface area contributed by atoms with Crippen LogP contribution in [0.25, 0.3) is 0 Å². The highest BCUT2D eigenvalue weighted by Crippen LogP contribution is 2.30. The molecule has 118 valence electrons. The van der Waals surface area contributed by atoms with Crippen LogP contribution in [-0.4, -0.2) is 43.9 Å². The molecule has 2 N–H and O–H groups in total. The predicted molar refractivity (Wildman–Crippen MR) is 85.6 cm³/mol. The smallest absolute Gasteiger partial charge is 0.119 e. The van der Waals surface area contributed by atoms with Gasteiger partial charge in [0.15, 0.2) is 0 Å². The largest absolute Gasteiger partial charge is 0.494 e. The fourth-order valence-electron chi connectivity index (χ4n) is 3.13. The molecule has 0 saturated carbocycles. The molecule has 1 fully saturated rings. The van der Waals surface area contributed by atoms with E-state index in [-0.39, 0.29) is 11.6 Å². The first-order valence-corrected chi connectivity index (χ1v) is 7.84. The lowest BCUT2D eigenvalue weighted by atomic mass is 9.92. The molecule has 0 aromatic heterocycles. The lowest BCUT2D eigenvalue weighted by Gasteiger charge is -2.43. The van der Waals surface area contributed by atoms with Crippen molar-refractivity contribution in [2.24, 2.45) is 5.73 Å². The van der Waals surface area contributed by atoms with Gasteiger partial charge in [-0.25, -0.2) is 0 Å². The molecule has 0 bridgehead atoms. The number of benzene rings is 1. The van der Waals surface area contributed by atoms with Gasteiger partial charge in [-0.3, -0.25) is 4.90 Å². The third-order valence-corrected chi connectivity index (χ3v) is 4.42. The molecule has 0 spiro atoms. The van der Waals surface area contributed by atoms with Crippen molar-refractivity contribution in [3.63, 3.8) is 0 Å². The molecule has 1 aromatic carbocycles. The van der Waals surface area contributed by atoms with E-state index in [1.165, 1.54) is 5.56 Å². The van der Waals surface area contributed by atoms with Gasteiger partial charge in [-0.15, -0.1) is 0 Å². The maximum Gasteiger partial charge on any atom is 0.119 e. The first-order chi connectivity index (χ1) is 10.1. The van der Waals surface area contributed by atoms with E-state index in [4.69, 9.17) is 15.2 Å². The summed E-state index contributed by atoms with van der Waals surface area (Å²) in [6, 6.07) is 8.56. The van der Waals surface area contributed by atoms with Gasteiger partial charge in [0, 0.05) is 26.2 Å². The number of ether oxygens (including phenoxy) is 2. The molecule has 2 unspecified atom stereocenters. The number of piperidine rings is 1. The lowest BCUT2D eigenvalue weighted by Crippen LogP contribution is -2.49. The van der Waals surface area contributed by atoms with E-state index in [0.717, 1.165) is 31.7 Å². The second-order valence-corrected chi connectivity index (χ2v) is 5.98. The molecule has 1 saturated heterocycles. The summed E-state index contributed by atoms with van der Waals surface area (Å²) >= 11 is 0. The van der Waals surface area contributed by atoms with Crippen molar-refractivity contribution in [2.45, 2.75) is 38.3 Å². The summed E-state index contributed by atoms with van der Waals surface area (Å²) in [5.41, 5.74) is 7.24. The first-order valence-electron chi connectivity index (χ1n) is 7.84. The molecule has 4 nitrogen and oxygen atoms in total. The van der Waals surface area contributed by atoms with Crippen LogP contribution in [0.15, 0.2) is 24.3 Å². The minimum Gasteiger partial charge on any atom is -0.494 e. The third kappa shape index (κ3) is 3.96. The number of nitrogens with zero attached hydrogens (tertiary/aromatic N) is 1. The van der Waals surface area contributed by atoms with Gasteiger partial charge in [0.1, 0.15) is 5.75 Å². The summed E-state index contributed by atoms with van der Waals surface area (Å²) in [4.78, 5) is 2.45. The Hall–Kier alpha value is -1.10. The van der Waals surface area contributed by atoms with E-state index in [1.54, 1.807) is 7.11 Å². The van der Waals surface area contributed by atoms with E-state index in [2.05, 4.69) is 24.0 Å². The summed E-state index contributed by atoms with van der Waals surface area (Å²) in [5.74, 6) is 0.914. The fraction of sp³-hybridized carbons (Fsp3) is 0.647. The summed E-state index contributed by atoms with van der Waals surface area (Å²) in [6.45, 7) is 7.50. The van der Waals surface area contributed by atoms with Crippen LogP contribution < -0.4 is 10.5 Å². The van der Waals surface area contributed by atoms with Gasteiger partial charge in [0.2, 0.25) is 0 Å². The summed E-state index contributed by atoms with van der Waals surface area (Å²) in [7, 11) is 1.80. The van der Waals surface area contributed by atoms with E-state index < -0.39 is 0 Å². The maximum absolute atomic E-state index is 6.05. The van der Waals surface area contributed by atoms with Crippen molar-refractivity contribution in [1.29, 1.82) is 0 Å². The van der Waals surface area contributed by atoms with Crippen LogP contribution in [0.4, 0.5) is 0 Å². The standard InChI is InChI=1S/C17H28N2O2/c1-4-21-15-8-6-14(7-9-15)16(12-18)19-11-5-10-17(2,13-19)20-3/h6-9,16H,4-5,10-13,18H2,1-3H3. The maximum atomic E-state index is 6.05. The van der Waals surface area contributed by atoms with Gasteiger partial charge in [0.25, 0.3) is 0 Å². The highest BCUT2D eigenvalue weighted by atomic mass is 16.5. The minimum atomic E-state index is -0.0586. The second kappa shape index (κ2) is 7.25. The minimum absolute atomic E-state index is 0.0586. The average Bonchev–Trinajstić information content (AvgIpc) is 2.50. The zero-order valence-electron chi connectivity index (χ0n) is 13.5. The fourth-order valence-corrected chi connectivity index (χ4v) is 3.13. The number of hydrogen-bond acceptors (Lipinski definition) is 4. The molecule has 1 heterocycles. The Balaban J connectivity index is 2.11. The van der Waals surface area contributed by atoms with Crippen molar-refractivity contribution in [2.75, 3.05) is 33.4 Å². The Bertz CT molecular complexity index is 435. The van der Waals surface area contributed by atoms with Crippen LogP contribution in [0.3, 0.4) is 0 Å². The topological polar surface area (TPSA) is 47.7 Å². The highest BCUT2D eigenvalue weighted by Gasteiger charge is 2.34. The van der Waals surface area contributed by atoms with Gasteiger partial charge in [-0.1, -0.05) is 12.1 Å². The lowest BCUT2D eigenvalue weighted by molar-refractivity contribution is -0.0608. The molecule has 21 heavy (non-hydrogen) atoms. The highest BCUT2D eigenvalue weighted by molar-refractivity contribution is 5.29. The van der Waals surface area contributed by atoms with Crippen LogP contribution in [0.1, 0.15) is 38.3 Å². The molecule has 1 aromatic rings. The molecular formula is C17H28N2O2. The number of likely N-dealkylation sites (tertiary alicyclic amines) is 1. The van der Waals surface area contributed by atoms with Gasteiger partial charge < -0.3 is 15.2 Å². The normalized spacial score (nSPS) is 24.8. The van der Waals surface area contributed by atoms with Gasteiger partial charge >= 0.3 is 0 Å². The van der Waals surface area contributed by atoms with Crippen LogP contribution >= 0.6 is 0 Å². The van der Waals surface area contributed by atoms with Crippen LogP contribution in [-0.2, 0) is 4.74 Å². The monoisotopic (exact) mass is 292 g/mol. The molecule has 0 radical (unpaired) electrons. The Kier molecular flexibility index (Phi) is 5.62. The van der Waals surface area contributed by atoms with Gasteiger partial charge in [-0.05, 0) is 50.9 Å². The van der Waals surface area contributed by atoms with Crippen molar-refractivity contribution in [1.82, 2.24) is 4.90 Å². The van der Waals surface area contributed by atoms with Crippen LogP contribution in [0.5, 0.6) is 5.75 Å². The number of nitrogens with two attached hydrogens (primary N) is 1. The SMILES string of the molecule is CCOc1ccc(C(CN)N2CCCC(C)(OC)C2)cc1. The van der Waals surface area contributed by atoms with Crippen LogP contribution in [0.2, 0.25) is 0 Å². The molecule has 0 aliphatic carbocycles. The van der Waals surface area contributed by atoms with Crippen LogP contribution in [0, 0.1) is 0 Å². The number of rotatable bonds is 6. The molecule has 2 atom stereocenters. The molecule has 1 aliphatic rings. The molecule has 2 rings (SSSR count). The quantitative estimate of drug-likeness (QED) is 0.875. The third-order valence-electron chi connectivity index (χ3n) is 4.42. The Morgan fingerprint density at radius 2 is 2.05 bits per heavy atom. The van der Waals surface area contributed by atoms with Crippen molar-refractivity contribution in [3.8, 4) is 5.75 Å². The first kappa shape index (κ1) is 16.3. The van der Waals surface area contributed by atoms with E-state index in [0.29, 0.717) is 13.2 Å². The number of methoxy groups -OCH3 is 1. The number of hydrogen-bond donors (Lipinski definition) is 1. The molecule has 4 heteroatoms. The van der Waals surface area contributed by atoms with Gasteiger partial charge in [-0.2, -0.15) is 0 Å². The summed E-state index contributed by atoms with van der Waals surface area (Å²) in [6.07, 6.45) is 2.26. The zero-order chi connectivity index (χ0) is 15.3. The van der Waals surface area contributed by atoms with E-state index in [9.17, 15) is 0 Å². The Labute approximate surface area is 128 Å². The van der Waals surface area contributed by atoms with Crippen molar-refractivity contribution < 1.29 is 9.47 Å². The van der Waals surface area contributed by atoms with Gasteiger partial charge in [0.05, 0.1) is 12.2 Å². The van der Waals surface area contributed by atoms with Crippen molar-refractivity contribution in [3.05, 3.63) is 29.8 Å². The second-order valence-electron chi connectivity index (χ2n) is 5.98. The van der Waals surface area contributed by atoms with E-state index in [1.807, 2.05) is 19.1 Å². The average molecular weight is 292 g/mol. The zero-order valence-corrected chi connectivity index (χ0v) is 13.5. The molecule has 0 amide bonds. The molecule has 1 aliphatic heterocycles.